The van der Waals surface area contributed by atoms with Gasteiger partial charge in [-0.15, -0.1) is 4.90 Å². The van der Waals surface area contributed by atoms with Crippen LogP contribution in [-0.4, -0.2) is 39.3 Å². The molecule has 0 atom stereocenters. The van der Waals surface area contributed by atoms with Crippen LogP contribution in [0, 0.1) is 5.82 Å². The van der Waals surface area contributed by atoms with E-state index in [1.165, 1.54) is 12.1 Å². The van der Waals surface area contributed by atoms with Gasteiger partial charge in [0, 0.05) is 5.39 Å². The first-order chi connectivity index (χ1) is 16.7. The average molecular weight is 498 g/mol. The molecule has 0 unspecified atom stereocenters. The number of imide groups is 1. The predicted octanol–water partition coefficient (Wildman–Crippen LogP) is 5.80. The highest BCUT2D eigenvalue weighted by atomic mass is 19.1. The van der Waals surface area contributed by atoms with Gasteiger partial charge in [0.25, 0.3) is 0 Å². The van der Waals surface area contributed by atoms with E-state index in [-0.39, 0.29) is 23.2 Å². The van der Waals surface area contributed by atoms with Gasteiger partial charge >= 0.3 is 18.2 Å². The molecule has 2 amide bonds. The number of fused-ring (bicyclic) bond motifs is 1. The quantitative estimate of drug-likeness (QED) is 0.329. The molecule has 3 aromatic rings. The Morgan fingerprint density at radius 1 is 0.833 bits per heavy atom. The van der Waals surface area contributed by atoms with Gasteiger partial charge in [-0.2, -0.15) is 0 Å². The fourth-order valence-corrected chi connectivity index (χ4v) is 3.01. The zero-order chi connectivity index (χ0) is 26.7. The number of carbonyl (C=O) groups is 3. The molecule has 0 aliphatic rings. The second-order valence-electron chi connectivity index (χ2n) is 9.87. The molecule has 0 radical (unpaired) electrons. The van der Waals surface area contributed by atoms with Gasteiger partial charge in [-0.1, -0.05) is 42.5 Å². The Morgan fingerprint density at radius 2 is 1.42 bits per heavy atom. The lowest BCUT2D eigenvalue weighted by atomic mass is 10.1. The number of amides is 2. The van der Waals surface area contributed by atoms with Crippen molar-refractivity contribution in [1.82, 2.24) is 9.97 Å². The first kappa shape index (κ1) is 26.5. The number of aromatic nitrogens is 2. The number of carbonyl (C=O) groups excluding carboxylic acids is 3. The molecule has 3 rings (SSSR count). The van der Waals surface area contributed by atoms with Crippen molar-refractivity contribution in [3.63, 3.8) is 0 Å². The number of hydrogen-bond acceptors (Lipinski definition) is 8. The monoisotopic (exact) mass is 497 g/mol. The van der Waals surface area contributed by atoms with Crippen molar-refractivity contribution in [3.8, 4) is 0 Å². The molecule has 0 saturated heterocycles. The van der Waals surface area contributed by atoms with Crippen LogP contribution in [0.2, 0.25) is 0 Å². The first-order valence-electron chi connectivity index (χ1n) is 11.2. The zero-order valence-electron chi connectivity index (χ0n) is 21.0. The van der Waals surface area contributed by atoms with Crippen LogP contribution in [0.4, 0.5) is 19.9 Å². The number of para-hydroxylation sites is 1. The van der Waals surface area contributed by atoms with Gasteiger partial charge in [0.05, 0.1) is 0 Å². The predicted molar refractivity (Wildman–Crippen MR) is 130 cm³/mol. The average Bonchev–Trinajstić information content (AvgIpc) is 2.76. The Labute approximate surface area is 208 Å². The minimum Gasteiger partial charge on any atom is -0.456 e. The fraction of sp³-hybridized carbons (Fsp3) is 0.346. The summed E-state index contributed by atoms with van der Waals surface area (Å²) in [5.41, 5.74) is -1.87. The van der Waals surface area contributed by atoms with Crippen LogP contribution < -0.4 is 4.90 Å². The highest BCUT2D eigenvalue weighted by molar-refractivity contribution is 6.10. The standard InChI is InChI=1S/C26H28FN3O6/c1-25(2,3)35-23(32)30(24(33)36-26(4,5)6)22-28-19-17(13-10-14-18(19)27)20(29-22)21(31)34-15-16-11-8-7-9-12-16/h7-14H,15H2,1-6H3. The topological polar surface area (TPSA) is 108 Å². The van der Waals surface area contributed by atoms with Crippen molar-refractivity contribution >= 4 is 35.0 Å². The third-order valence-electron chi connectivity index (χ3n) is 4.42. The van der Waals surface area contributed by atoms with E-state index in [0.717, 1.165) is 11.6 Å². The third-order valence-corrected chi connectivity index (χ3v) is 4.42. The summed E-state index contributed by atoms with van der Waals surface area (Å²) in [4.78, 5) is 47.7. The SMILES string of the molecule is CC(C)(C)OC(=O)N(C(=O)OC(C)(C)C)c1nc(C(=O)OCc2ccccc2)c2cccc(F)c2n1. The van der Waals surface area contributed by atoms with Gasteiger partial charge in [-0.25, -0.2) is 28.7 Å². The molecule has 0 spiro atoms. The lowest BCUT2D eigenvalue weighted by Crippen LogP contribution is -2.44. The van der Waals surface area contributed by atoms with Crippen LogP contribution in [0.3, 0.4) is 0 Å². The number of benzene rings is 2. The number of rotatable bonds is 4. The Kier molecular flexibility index (Phi) is 7.57. The molecule has 0 N–H and O–H groups in total. The molecular weight excluding hydrogens is 469 g/mol. The molecule has 1 heterocycles. The van der Waals surface area contributed by atoms with E-state index >= 15 is 0 Å². The summed E-state index contributed by atoms with van der Waals surface area (Å²) in [6.45, 7) is 9.54. The Morgan fingerprint density at radius 3 is 1.97 bits per heavy atom. The van der Waals surface area contributed by atoms with Crippen molar-refractivity contribution in [2.24, 2.45) is 0 Å². The summed E-state index contributed by atoms with van der Waals surface area (Å²) in [5.74, 6) is -2.28. The molecular formula is C26H28FN3O6. The molecule has 0 fully saturated rings. The molecule has 9 nitrogen and oxygen atoms in total. The number of nitrogens with zero attached hydrogens (tertiary/aromatic N) is 3. The molecule has 0 bridgehead atoms. The molecule has 10 heteroatoms. The van der Waals surface area contributed by atoms with E-state index in [1.807, 2.05) is 6.07 Å². The first-order valence-corrected chi connectivity index (χ1v) is 11.2. The van der Waals surface area contributed by atoms with Gasteiger partial charge in [0.2, 0.25) is 5.95 Å². The van der Waals surface area contributed by atoms with Crippen LogP contribution >= 0.6 is 0 Å². The van der Waals surface area contributed by atoms with Gasteiger partial charge in [-0.05, 0) is 53.2 Å². The van der Waals surface area contributed by atoms with Gasteiger partial charge in [-0.3, -0.25) is 0 Å². The van der Waals surface area contributed by atoms with Crippen LogP contribution in [0.1, 0.15) is 57.6 Å². The number of ether oxygens (including phenoxy) is 3. The zero-order valence-corrected chi connectivity index (χ0v) is 21.0. The summed E-state index contributed by atoms with van der Waals surface area (Å²) in [6.07, 6.45) is -2.31. The lowest BCUT2D eigenvalue weighted by Gasteiger charge is -2.27. The minimum absolute atomic E-state index is 0.0464. The maximum atomic E-state index is 14.8. The maximum absolute atomic E-state index is 14.8. The lowest BCUT2D eigenvalue weighted by molar-refractivity contribution is 0.0417. The third kappa shape index (κ3) is 6.74. The molecule has 2 aromatic carbocycles. The van der Waals surface area contributed by atoms with Crippen LogP contribution in [0.15, 0.2) is 48.5 Å². The second kappa shape index (κ2) is 10.3. The molecule has 0 aliphatic heterocycles. The maximum Gasteiger partial charge on any atom is 0.427 e. The van der Waals surface area contributed by atoms with E-state index in [4.69, 9.17) is 14.2 Å². The summed E-state index contributed by atoms with van der Waals surface area (Å²) in [5, 5.41) is 0.0464. The number of anilines is 1. The Bertz CT molecular complexity index is 1250. The summed E-state index contributed by atoms with van der Waals surface area (Å²) < 4.78 is 30.8. The molecule has 36 heavy (non-hydrogen) atoms. The van der Waals surface area contributed by atoms with E-state index < -0.39 is 41.1 Å². The Balaban J connectivity index is 2.11. The molecule has 0 saturated carbocycles. The number of esters is 1. The highest BCUT2D eigenvalue weighted by Crippen LogP contribution is 2.25. The number of halogens is 1. The van der Waals surface area contributed by atoms with E-state index in [2.05, 4.69) is 9.97 Å². The van der Waals surface area contributed by atoms with Crippen LogP contribution in [0.25, 0.3) is 10.9 Å². The van der Waals surface area contributed by atoms with E-state index in [0.29, 0.717) is 4.90 Å². The molecule has 0 aliphatic carbocycles. The smallest absolute Gasteiger partial charge is 0.427 e. The van der Waals surface area contributed by atoms with Gasteiger partial charge in [0.1, 0.15) is 29.1 Å². The fourth-order valence-electron chi connectivity index (χ4n) is 3.01. The summed E-state index contributed by atoms with van der Waals surface area (Å²) in [6, 6.07) is 12.9. The normalized spacial score (nSPS) is 11.6. The van der Waals surface area contributed by atoms with Crippen molar-refractivity contribution in [1.29, 1.82) is 0 Å². The van der Waals surface area contributed by atoms with Gasteiger partial charge < -0.3 is 14.2 Å². The van der Waals surface area contributed by atoms with Gasteiger partial charge in [0.15, 0.2) is 5.69 Å². The van der Waals surface area contributed by atoms with Crippen molar-refractivity contribution < 1.29 is 33.0 Å². The molecule has 1 aromatic heterocycles. The van der Waals surface area contributed by atoms with E-state index in [9.17, 15) is 18.8 Å². The van der Waals surface area contributed by atoms with Crippen molar-refractivity contribution in [2.75, 3.05) is 4.90 Å². The highest BCUT2D eigenvalue weighted by Gasteiger charge is 2.36. The summed E-state index contributed by atoms with van der Waals surface area (Å²) in [7, 11) is 0. The Hall–Kier alpha value is -4.08. The largest absolute Gasteiger partial charge is 0.456 e. The molecule has 190 valence electrons. The minimum atomic E-state index is -1.16. The second-order valence-corrected chi connectivity index (χ2v) is 9.87. The number of hydrogen-bond donors (Lipinski definition) is 0. The van der Waals surface area contributed by atoms with E-state index in [1.54, 1.807) is 65.8 Å². The van der Waals surface area contributed by atoms with Crippen molar-refractivity contribution in [3.05, 3.63) is 65.6 Å². The van der Waals surface area contributed by atoms with Crippen LogP contribution in [-0.2, 0) is 20.8 Å². The van der Waals surface area contributed by atoms with Crippen LogP contribution in [0.5, 0.6) is 0 Å². The van der Waals surface area contributed by atoms with Crippen molar-refractivity contribution in [2.45, 2.75) is 59.4 Å². The summed E-state index contributed by atoms with van der Waals surface area (Å²) >= 11 is 0.